The van der Waals surface area contributed by atoms with Crippen LogP contribution in [0.1, 0.15) is 16.8 Å². The quantitative estimate of drug-likeness (QED) is 0.366. The van der Waals surface area contributed by atoms with Crippen molar-refractivity contribution in [3.63, 3.8) is 0 Å². The monoisotopic (exact) mass is 308 g/mol. The van der Waals surface area contributed by atoms with Gasteiger partial charge in [0.1, 0.15) is 24.6 Å². The molecule has 1 aromatic rings. The van der Waals surface area contributed by atoms with Crippen LogP contribution in [-0.2, 0) is 9.30 Å². The van der Waals surface area contributed by atoms with Crippen LogP contribution in [0.15, 0.2) is 6.33 Å². The summed E-state index contributed by atoms with van der Waals surface area (Å²) in [5.74, 6) is -1.20. The molecule has 11 nitrogen and oxygen atoms in total. The Balaban J connectivity index is 2.17. The van der Waals surface area contributed by atoms with Gasteiger partial charge in [-0.1, -0.05) is 0 Å². The zero-order valence-corrected chi connectivity index (χ0v) is 10.9. The number of ether oxygens (including phenoxy) is 1. The number of nitrogens with zero attached hydrogens (tertiary/aromatic N) is 3. The SMILES string of the molecule is NC(=O)c1ncn([C@@H]2O[C@H](CP(=O)(O)O)[C@H](O)C2O)n1. The van der Waals surface area contributed by atoms with E-state index >= 15 is 0 Å². The first-order chi connectivity index (χ1) is 9.19. The van der Waals surface area contributed by atoms with Crippen molar-refractivity contribution in [2.45, 2.75) is 24.5 Å². The van der Waals surface area contributed by atoms with E-state index < -0.39 is 44.2 Å². The molecule has 1 aromatic heterocycles. The molecule has 1 aliphatic heterocycles. The van der Waals surface area contributed by atoms with Crippen molar-refractivity contribution in [1.29, 1.82) is 0 Å². The Labute approximate surface area is 112 Å². The van der Waals surface area contributed by atoms with Gasteiger partial charge in [-0.3, -0.25) is 9.36 Å². The number of hydrogen-bond donors (Lipinski definition) is 5. The summed E-state index contributed by atoms with van der Waals surface area (Å²) in [4.78, 5) is 32.1. The summed E-state index contributed by atoms with van der Waals surface area (Å²) in [7, 11) is -4.42. The first-order valence-corrected chi connectivity index (χ1v) is 7.26. The fraction of sp³-hybridized carbons (Fsp3) is 0.625. The van der Waals surface area contributed by atoms with Crippen LogP contribution < -0.4 is 5.73 Å². The molecule has 20 heavy (non-hydrogen) atoms. The van der Waals surface area contributed by atoms with Crippen molar-refractivity contribution < 1.29 is 34.1 Å². The number of nitrogens with two attached hydrogens (primary N) is 1. The molecule has 1 saturated heterocycles. The number of aliphatic hydroxyl groups excluding tert-OH is 2. The normalized spacial score (nSPS) is 30.6. The topological polar surface area (TPSA) is 181 Å². The minimum Gasteiger partial charge on any atom is -0.387 e. The summed E-state index contributed by atoms with van der Waals surface area (Å²) in [6.45, 7) is 0. The smallest absolute Gasteiger partial charge is 0.328 e. The van der Waals surface area contributed by atoms with Crippen molar-refractivity contribution >= 4 is 13.5 Å². The van der Waals surface area contributed by atoms with E-state index in [0.717, 1.165) is 11.0 Å². The molecule has 2 heterocycles. The van der Waals surface area contributed by atoms with Crippen LogP contribution in [0.5, 0.6) is 0 Å². The van der Waals surface area contributed by atoms with E-state index in [1.807, 2.05) is 0 Å². The molecule has 1 aliphatic rings. The van der Waals surface area contributed by atoms with Gasteiger partial charge in [-0.05, 0) is 0 Å². The largest absolute Gasteiger partial charge is 0.387 e. The van der Waals surface area contributed by atoms with Gasteiger partial charge in [-0.2, -0.15) is 0 Å². The lowest BCUT2D eigenvalue weighted by Gasteiger charge is -2.14. The van der Waals surface area contributed by atoms with Crippen LogP contribution in [0.2, 0.25) is 0 Å². The van der Waals surface area contributed by atoms with Gasteiger partial charge >= 0.3 is 7.60 Å². The third-order valence-electron chi connectivity index (χ3n) is 2.74. The van der Waals surface area contributed by atoms with Gasteiger partial charge in [0, 0.05) is 0 Å². The summed E-state index contributed by atoms with van der Waals surface area (Å²) in [6, 6.07) is 0. The molecule has 1 unspecified atom stereocenters. The van der Waals surface area contributed by atoms with Crippen molar-refractivity contribution in [3.8, 4) is 0 Å². The fourth-order valence-electron chi connectivity index (χ4n) is 1.84. The maximum Gasteiger partial charge on any atom is 0.328 e. The molecule has 12 heteroatoms. The molecule has 0 saturated carbocycles. The third kappa shape index (κ3) is 3.03. The van der Waals surface area contributed by atoms with Crippen molar-refractivity contribution in [3.05, 3.63) is 12.2 Å². The van der Waals surface area contributed by atoms with Gasteiger partial charge in [0.05, 0.1) is 6.16 Å². The Hall–Kier alpha value is -1.36. The predicted octanol–water partition coefficient (Wildman–Crippen LogP) is -2.83. The summed E-state index contributed by atoms with van der Waals surface area (Å²) < 4.78 is 17.0. The van der Waals surface area contributed by atoms with Gasteiger partial charge in [-0.25, -0.2) is 9.67 Å². The third-order valence-corrected chi connectivity index (χ3v) is 3.58. The fourth-order valence-corrected chi connectivity index (χ4v) is 2.61. The first-order valence-electron chi connectivity index (χ1n) is 5.46. The Kier molecular flexibility index (Phi) is 3.91. The molecule has 6 N–H and O–H groups in total. The number of aliphatic hydroxyl groups is 2. The lowest BCUT2D eigenvalue weighted by molar-refractivity contribution is -0.0400. The molecule has 0 spiro atoms. The summed E-state index contributed by atoms with van der Waals surface area (Å²) in [5.41, 5.74) is 4.97. The zero-order valence-electron chi connectivity index (χ0n) is 9.97. The van der Waals surface area contributed by atoms with E-state index in [-0.39, 0.29) is 5.82 Å². The van der Waals surface area contributed by atoms with E-state index in [2.05, 4.69) is 10.1 Å². The summed E-state index contributed by atoms with van der Waals surface area (Å²) >= 11 is 0. The minimum atomic E-state index is -4.42. The van der Waals surface area contributed by atoms with Crippen LogP contribution in [0, 0.1) is 0 Å². The Morgan fingerprint density at radius 3 is 2.60 bits per heavy atom. The van der Waals surface area contributed by atoms with Crippen LogP contribution in [0.4, 0.5) is 0 Å². The summed E-state index contributed by atoms with van der Waals surface area (Å²) in [5, 5.41) is 23.1. The molecule has 0 bridgehead atoms. The zero-order chi connectivity index (χ0) is 15.1. The van der Waals surface area contributed by atoms with Gasteiger partial charge < -0.3 is 30.5 Å². The molecule has 112 valence electrons. The highest BCUT2D eigenvalue weighted by molar-refractivity contribution is 7.51. The van der Waals surface area contributed by atoms with Crippen molar-refractivity contribution in [2.24, 2.45) is 5.73 Å². The standard InChI is InChI=1S/C8H13N4O7P/c9-6(15)7-10-2-12(11-7)8-5(14)4(13)3(19-8)1-20(16,17)18/h2-5,8,13-14H,1H2,(H2,9,15)(H2,16,17,18)/t3-,4+,5?,8-/m1/s1. The molecule has 0 aliphatic carbocycles. The Morgan fingerprint density at radius 2 is 2.10 bits per heavy atom. The maximum absolute atomic E-state index is 10.9. The number of rotatable bonds is 4. The average molecular weight is 308 g/mol. The molecule has 1 fully saturated rings. The number of carbonyl (C=O) groups excluding carboxylic acids is 1. The van der Waals surface area contributed by atoms with E-state index in [9.17, 15) is 19.6 Å². The van der Waals surface area contributed by atoms with E-state index in [0.29, 0.717) is 0 Å². The average Bonchev–Trinajstić information content (AvgIpc) is 2.88. The highest BCUT2D eigenvalue weighted by Gasteiger charge is 2.46. The van der Waals surface area contributed by atoms with E-state index in [4.69, 9.17) is 20.3 Å². The Bertz CT molecular complexity index is 557. The lowest BCUT2D eigenvalue weighted by atomic mass is 10.1. The molecule has 1 amide bonds. The van der Waals surface area contributed by atoms with Gasteiger partial charge in [0.15, 0.2) is 6.23 Å². The number of primary amides is 1. The molecule has 4 atom stereocenters. The van der Waals surface area contributed by atoms with Crippen LogP contribution in [0.3, 0.4) is 0 Å². The molecule has 2 rings (SSSR count). The highest BCUT2D eigenvalue weighted by Crippen LogP contribution is 2.40. The van der Waals surface area contributed by atoms with Gasteiger partial charge in [-0.15, -0.1) is 5.10 Å². The van der Waals surface area contributed by atoms with E-state index in [1.165, 1.54) is 0 Å². The highest BCUT2D eigenvalue weighted by atomic mass is 31.2. The van der Waals surface area contributed by atoms with Crippen LogP contribution >= 0.6 is 7.60 Å². The second-order valence-electron chi connectivity index (χ2n) is 4.31. The maximum atomic E-state index is 10.9. The second kappa shape index (κ2) is 5.20. The van der Waals surface area contributed by atoms with E-state index in [1.54, 1.807) is 0 Å². The molecule has 0 radical (unpaired) electrons. The lowest BCUT2D eigenvalue weighted by Crippen LogP contribution is -2.33. The number of hydrogen-bond acceptors (Lipinski definition) is 7. The first kappa shape index (κ1) is 15.0. The van der Waals surface area contributed by atoms with Crippen molar-refractivity contribution in [2.75, 3.05) is 6.16 Å². The van der Waals surface area contributed by atoms with Crippen LogP contribution in [0.25, 0.3) is 0 Å². The van der Waals surface area contributed by atoms with Gasteiger partial charge in [0.25, 0.3) is 5.91 Å². The predicted molar refractivity (Wildman–Crippen MR) is 61.4 cm³/mol. The van der Waals surface area contributed by atoms with Crippen LogP contribution in [-0.4, -0.2) is 65.1 Å². The summed E-state index contributed by atoms with van der Waals surface area (Å²) in [6.07, 6.45) is -5.17. The molecule has 0 aromatic carbocycles. The Morgan fingerprint density at radius 1 is 1.45 bits per heavy atom. The number of carbonyl (C=O) groups is 1. The molecular formula is C8H13N4O7P. The number of amides is 1. The number of aromatic nitrogens is 3. The minimum absolute atomic E-state index is 0.311. The van der Waals surface area contributed by atoms with Crippen molar-refractivity contribution in [1.82, 2.24) is 14.8 Å². The molecular weight excluding hydrogens is 295 g/mol. The van der Waals surface area contributed by atoms with Gasteiger partial charge in [0.2, 0.25) is 5.82 Å². The second-order valence-corrected chi connectivity index (χ2v) is 6.00.